The molecule has 5 heteroatoms. The summed E-state index contributed by atoms with van der Waals surface area (Å²) in [6, 6.07) is 18.8. The molecule has 0 N–H and O–H groups in total. The van der Waals surface area contributed by atoms with Gasteiger partial charge >= 0.3 is 241 Å². The first-order chi connectivity index (χ1) is 17.6. The summed E-state index contributed by atoms with van der Waals surface area (Å²) in [5, 5.41) is 4.25. The minimum atomic E-state index is -0.327. The van der Waals surface area contributed by atoms with Gasteiger partial charge in [0.1, 0.15) is 0 Å². The molecular formula is C34H48Cl2P2Ti. The van der Waals surface area contributed by atoms with E-state index >= 15 is 0 Å². The molecule has 2 aliphatic rings. The van der Waals surface area contributed by atoms with Crippen molar-refractivity contribution in [3.63, 3.8) is 0 Å². The zero-order chi connectivity index (χ0) is 26.8. The number of unbranched alkanes of at least 4 members (excludes halogenated alkanes) is 2. The molecule has 0 radical (unpaired) electrons. The van der Waals surface area contributed by atoms with Crippen LogP contribution in [0, 0.1) is 0 Å². The van der Waals surface area contributed by atoms with Gasteiger partial charge in [0.2, 0.25) is 0 Å². The van der Waals surface area contributed by atoms with E-state index in [0.29, 0.717) is 18.8 Å². The number of hydrogen-bond donors (Lipinski definition) is 0. The van der Waals surface area contributed by atoms with Gasteiger partial charge in [-0.1, -0.05) is 0 Å². The molecular weight excluding hydrogens is 589 g/mol. The van der Waals surface area contributed by atoms with Gasteiger partial charge in [0.05, 0.1) is 0 Å². The third-order valence-electron chi connectivity index (χ3n) is 7.67. The Bertz CT molecular complexity index is 1120. The normalized spacial score (nSPS) is 18.1. The van der Waals surface area contributed by atoms with Crippen molar-refractivity contribution in [3.05, 3.63) is 81.4 Å². The first-order valence-electron chi connectivity index (χ1n) is 14.5. The fourth-order valence-corrected chi connectivity index (χ4v) is 18.4. The van der Waals surface area contributed by atoms with E-state index in [-0.39, 0.29) is 59.8 Å². The molecule has 0 heterocycles. The predicted octanol–water partition coefficient (Wildman–Crippen LogP) is 5.43. The summed E-state index contributed by atoms with van der Waals surface area (Å²) >= 11 is -0.327. The van der Waals surface area contributed by atoms with Crippen molar-refractivity contribution in [2.45, 2.75) is 99.8 Å². The SMILES string of the molecule is CCCCP(CCCC)C1=Cc2ccccc2[CH]1[Ti+2][CH]1C(P(C(C)(C)C)C(C)(C)C)=Cc2ccccc21.[Cl-].[Cl-]. The molecule has 0 saturated carbocycles. The maximum absolute atomic E-state index is 2.67. The van der Waals surface area contributed by atoms with Gasteiger partial charge < -0.3 is 24.8 Å². The summed E-state index contributed by atoms with van der Waals surface area (Å²) < 4.78 is 1.34. The van der Waals surface area contributed by atoms with E-state index in [1.165, 1.54) is 49.1 Å². The predicted molar refractivity (Wildman–Crippen MR) is 167 cm³/mol. The van der Waals surface area contributed by atoms with Gasteiger partial charge in [-0.15, -0.1) is 0 Å². The molecule has 4 rings (SSSR count). The summed E-state index contributed by atoms with van der Waals surface area (Å²) in [5.41, 5.74) is 6.31. The molecule has 0 saturated heterocycles. The number of fused-ring (bicyclic) bond motifs is 2. The quantitative estimate of drug-likeness (QED) is 0.241. The van der Waals surface area contributed by atoms with Gasteiger partial charge in [-0.3, -0.25) is 0 Å². The molecule has 39 heavy (non-hydrogen) atoms. The number of benzene rings is 2. The van der Waals surface area contributed by atoms with Crippen molar-refractivity contribution in [2.24, 2.45) is 0 Å². The van der Waals surface area contributed by atoms with Crippen LogP contribution in [0.1, 0.15) is 112 Å². The molecule has 2 aromatic rings. The number of hydrogen-bond acceptors (Lipinski definition) is 0. The van der Waals surface area contributed by atoms with Crippen molar-refractivity contribution >= 4 is 28.0 Å². The summed E-state index contributed by atoms with van der Waals surface area (Å²) in [7, 11) is -0.330. The molecule has 2 atom stereocenters. The number of rotatable bonds is 10. The summed E-state index contributed by atoms with van der Waals surface area (Å²) in [5.74, 6) is 0. The van der Waals surface area contributed by atoms with E-state index in [2.05, 4.69) is 116 Å². The second kappa shape index (κ2) is 15.0. The van der Waals surface area contributed by atoms with Gasteiger partial charge in [-0.25, -0.2) is 0 Å². The van der Waals surface area contributed by atoms with Crippen LogP contribution in [0.2, 0.25) is 0 Å². The van der Waals surface area contributed by atoms with Crippen LogP contribution in [0.25, 0.3) is 12.2 Å². The van der Waals surface area contributed by atoms with Crippen molar-refractivity contribution in [3.8, 4) is 0 Å². The topological polar surface area (TPSA) is 0 Å². The smallest absolute Gasteiger partial charge is 1.00 e. The fraction of sp³-hybridized carbons (Fsp3) is 0.529. The number of halogens is 2. The van der Waals surface area contributed by atoms with Crippen LogP contribution in [0.3, 0.4) is 0 Å². The average molecular weight is 637 g/mol. The van der Waals surface area contributed by atoms with Crippen molar-refractivity contribution in [1.29, 1.82) is 0 Å². The average Bonchev–Trinajstić information content (AvgIpc) is 3.36. The Morgan fingerprint density at radius 3 is 1.49 bits per heavy atom. The largest absolute Gasteiger partial charge is 1.00 e. The van der Waals surface area contributed by atoms with Crippen LogP contribution < -0.4 is 24.8 Å². The second-order valence-corrected chi connectivity index (χ2v) is 21.5. The van der Waals surface area contributed by atoms with Crippen LogP contribution in [-0.4, -0.2) is 22.6 Å². The monoisotopic (exact) mass is 636 g/mol. The zero-order valence-electron chi connectivity index (χ0n) is 25.3. The standard InChI is InChI=1S/2C17H24P.2ClH.Ti/c1-16(2,3)18(17(4,5)6)15-11-13-9-7-8-10-14(13)12-15;1-3-5-11-18(12-6-4-2)17-13-15-9-7-8-10-16(15)14-17;;;/h7-12H,1-6H3;7-10,13-14H,3-6,11-12H2,1-2H3;2*1H;/q;;;;+2/p-2. The van der Waals surface area contributed by atoms with Crippen LogP contribution in [-0.2, 0) is 19.2 Å². The van der Waals surface area contributed by atoms with E-state index in [1.54, 1.807) is 16.4 Å². The van der Waals surface area contributed by atoms with Gasteiger partial charge in [0.25, 0.3) is 0 Å². The molecule has 2 unspecified atom stereocenters. The minimum Gasteiger partial charge on any atom is -1.00 e. The maximum atomic E-state index is 2.67. The van der Waals surface area contributed by atoms with Gasteiger partial charge in [0.15, 0.2) is 0 Å². The van der Waals surface area contributed by atoms with Crippen molar-refractivity contribution in [2.75, 3.05) is 12.3 Å². The summed E-state index contributed by atoms with van der Waals surface area (Å²) in [4.78, 5) is 0. The van der Waals surface area contributed by atoms with Gasteiger partial charge in [-0.05, 0) is 0 Å². The minimum absolute atomic E-state index is 0. The zero-order valence-corrected chi connectivity index (χ0v) is 30.2. The number of allylic oxidation sites excluding steroid dienone is 2. The fourth-order valence-electron chi connectivity index (χ4n) is 6.45. The van der Waals surface area contributed by atoms with Crippen LogP contribution in [0.15, 0.2) is 59.2 Å². The Balaban J connectivity index is 0.00000267. The molecule has 0 bridgehead atoms. The Morgan fingerprint density at radius 2 is 1.05 bits per heavy atom. The third-order valence-corrected chi connectivity index (χ3v) is 17.8. The van der Waals surface area contributed by atoms with E-state index < -0.39 is 0 Å². The van der Waals surface area contributed by atoms with Gasteiger partial charge in [-0.2, -0.15) is 0 Å². The molecule has 212 valence electrons. The molecule has 0 aliphatic heterocycles. The van der Waals surface area contributed by atoms with E-state index in [1.807, 2.05) is 5.31 Å². The molecule has 0 fully saturated rings. The Morgan fingerprint density at radius 1 is 0.641 bits per heavy atom. The van der Waals surface area contributed by atoms with E-state index in [4.69, 9.17) is 0 Å². The van der Waals surface area contributed by atoms with Crippen molar-refractivity contribution < 1.29 is 44.0 Å². The van der Waals surface area contributed by atoms with E-state index in [9.17, 15) is 0 Å². The second-order valence-electron chi connectivity index (χ2n) is 12.8. The molecule has 0 nitrogen and oxygen atoms in total. The Labute approximate surface area is 263 Å². The van der Waals surface area contributed by atoms with Crippen molar-refractivity contribution in [1.82, 2.24) is 0 Å². The third kappa shape index (κ3) is 8.13. The first-order valence-corrected chi connectivity index (χ1v) is 19.3. The van der Waals surface area contributed by atoms with Crippen LogP contribution in [0.5, 0.6) is 0 Å². The molecule has 2 aliphatic carbocycles. The summed E-state index contributed by atoms with van der Waals surface area (Å²) in [6.07, 6.45) is 13.6. The molecule has 0 amide bonds. The first kappa shape index (κ1) is 35.3. The molecule has 2 aromatic carbocycles. The van der Waals surface area contributed by atoms with Crippen LogP contribution in [0.4, 0.5) is 0 Å². The maximum Gasteiger partial charge on any atom is -1.00 e. The molecule has 0 aromatic heterocycles. The van der Waals surface area contributed by atoms with Crippen LogP contribution >= 0.6 is 15.8 Å². The summed E-state index contributed by atoms with van der Waals surface area (Å²) in [6.45, 7) is 19.7. The Hall–Kier alpha value is 0.0743. The van der Waals surface area contributed by atoms with Gasteiger partial charge in [0, 0.05) is 0 Å². The van der Waals surface area contributed by atoms with E-state index in [0.717, 1.165) is 0 Å². The Kier molecular flexibility index (Phi) is 13.6. The molecule has 0 spiro atoms.